The van der Waals surface area contributed by atoms with E-state index in [2.05, 4.69) is 12.2 Å². The maximum absolute atomic E-state index is 13.6. The Hall–Kier alpha value is -2.94. The third kappa shape index (κ3) is 7.34. The molecule has 0 spiro atoms. The standard InChI is InChI=1S/C30H39NO7/c1-2-3-4-5-6-13-26(32)31-29-27-22-9-7-11-24(27)37-20-18-35-16-14-34-15-17-36-19-21-38-25-12-8-10-23(28(25)29)30(22)33/h7-12,29H,2-6,13-21H2,1H3,(H,31,32). The highest BCUT2D eigenvalue weighted by molar-refractivity contribution is 6.13. The minimum Gasteiger partial charge on any atom is -0.491 e. The van der Waals surface area contributed by atoms with Crippen LogP contribution in [0.2, 0.25) is 0 Å². The van der Waals surface area contributed by atoms with Crippen LogP contribution < -0.4 is 14.8 Å². The van der Waals surface area contributed by atoms with E-state index in [0.717, 1.165) is 25.7 Å². The first kappa shape index (κ1) is 28.1. The van der Waals surface area contributed by atoms with Gasteiger partial charge in [-0.2, -0.15) is 0 Å². The lowest BCUT2D eigenvalue weighted by Crippen LogP contribution is -2.35. The molecule has 2 bridgehead atoms. The molecule has 8 heteroatoms. The van der Waals surface area contributed by atoms with Crippen molar-refractivity contribution < 1.29 is 33.3 Å². The summed E-state index contributed by atoms with van der Waals surface area (Å²) >= 11 is 0. The fraction of sp³-hybridized carbons (Fsp3) is 0.533. The Balaban J connectivity index is 1.65. The molecule has 1 heterocycles. The summed E-state index contributed by atoms with van der Waals surface area (Å²) in [5.41, 5.74) is 2.35. The molecule has 2 aliphatic rings. The van der Waals surface area contributed by atoms with Crippen LogP contribution in [-0.4, -0.2) is 64.5 Å². The fourth-order valence-corrected chi connectivity index (χ4v) is 4.85. The SMILES string of the molecule is CCCCCCCC(=O)NC1c2c3cccc2C(=O)c2cccc(c21)OCCOCCOCCOCCO3. The van der Waals surface area contributed by atoms with Crippen LogP contribution >= 0.6 is 0 Å². The average Bonchev–Trinajstić information content (AvgIpc) is 2.93. The summed E-state index contributed by atoms with van der Waals surface area (Å²) in [4.78, 5) is 26.8. The van der Waals surface area contributed by atoms with E-state index in [-0.39, 0.29) is 11.7 Å². The maximum atomic E-state index is 13.6. The monoisotopic (exact) mass is 525 g/mol. The highest BCUT2D eigenvalue weighted by Gasteiger charge is 2.37. The molecule has 206 valence electrons. The summed E-state index contributed by atoms with van der Waals surface area (Å²) in [6.07, 6.45) is 5.73. The number of unbranched alkanes of at least 4 members (excludes halogenated alkanes) is 4. The molecule has 2 aromatic carbocycles. The van der Waals surface area contributed by atoms with Crippen molar-refractivity contribution in [1.29, 1.82) is 0 Å². The maximum Gasteiger partial charge on any atom is 0.220 e. The lowest BCUT2D eigenvalue weighted by molar-refractivity contribution is -0.121. The quantitative estimate of drug-likeness (QED) is 0.528. The lowest BCUT2D eigenvalue weighted by atomic mass is 9.80. The van der Waals surface area contributed by atoms with Crippen molar-refractivity contribution in [3.8, 4) is 11.5 Å². The minimum absolute atomic E-state index is 0.0591. The molecule has 1 aliphatic heterocycles. The lowest BCUT2D eigenvalue weighted by Gasteiger charge is -2.31. The molecule has 4 rings (SSSR count). The summed E-state index contributed by atoms with van der Waals surface area (Å²) in [5, 5.41) is 3.21. The Morgan fingerprint density at radius 2 is 1.24 bits per heavy atom. The zero-order valence-electron chi connectivity index (χ0n) is 22.3. The van der Waals surface area contributed by atoms with E-state index in [0.29, 0.717) is 93.0 Å². The highest BCUT2D eigenvalue weighted by Crippen LogP contribution is 2.44. The molecule has 0 fully saturated rings. The first-order chi connectivity index (χ1) is 18.7. The molecule has 0 saturated heterocycles. The molecule has 0 unspecified atom stereocenters. The molecule has 8 nitrogen and oxygen atoms in total. The molecule has 0 radical (unpaired) electrons. The Morgan fingerprint density at radius 1 is 0.737 bits per heavy atom. The largest absolute Gasteiger partial charge is 0.491 e. The van der Waals surface area contributed by atoms with E-state index < -0.39 is 6.04 Å². The van der Waals surface area contributed by atoms with Crippen LogP contribution in [0.4, 0.5) is 0 Å². The van der Waals surface area contributed by atoms with Crippen molar-refractivity contribution in [3.05, 3.63) is 58.7 Å². The van der Waals surface area contributed by atoms with Crippen LogP contribution in [0, 0.1) is 0 Å². The van der Waals surface area contributed by atoms with E-state index in [1.165, 1.54) is 6.42 Å². The summed E-state index contributed by atoms with van der Waals surface area (Å²) in [7, 11) is 0. The smallest absolute Gasteiger partial charge is 0.220 e. The molecule has 1 N–H and O–H groups in total. The molecular weight excluding hydrogens is 486 g/mol. The number of hydrogen-bond donors (Lipinski definition) is 1. The van der Waals surface area contributed by atoms with Crippen LogP contribution in [0.25, 0.3) is 0 Å². The van der Waals surface area contributed by atoms with E-state index in [4.69, 9.17) is 23.7 Å². The van der Waals surface area contributed by atoms with Gasteiger partial charge in [0, 0.05) is 28.7 Å². The number of carbonyl (C=O) groups is 2. The molecule has 38 heavy (non-hydrogen) atoms. The summed E-state index contributed by atoms with van der Waals surface area (Å²) < 4.78 is 29.0. The van der Waals surface area contributed by atoms with Crippen LogP contribution in [0.1, 0.15) is 78.5 Å². The Morgan fingerprint density at radius 3 is 1.76 bits per heavy atom. The Kier molecular flexibility index (Phi) is 11.0. The van der Waals surface area contributed by atoms with Crippen molar-refractivity contribution in [2.45, 2.75) is 51.5 Å². The molecule has 1 amide bonds. The van der Waals surface area contributed by atoms with Gasteiger partial charge in [0.15, 0.2) is 5.78 Å². The van der Waals surface area contributed by atoms with E-state index in [1.54, 1.807) is 12.1 Å². The number of benzene rings is 2. The molecule has 2 aromatic rings. The first-order valence-corrected chi connectivity index (χ1v) is 13.8. The summed E-state index contributed by atoms with van der Waals surface area (Å²) in [6.45, 7) is 5.36. The second-order valence-corrected chi connectivity index (χ2v) is 9.46. The number of ether oxygens (including phenoxy) is 5. The molecular formula is C30H39NO7. The predicted molar refractivity (Wildman–Crippen MR) is 143 cm³/mol. The predicted octanol–water partition coefficient (Wildman–Crippen LogP) is 4.62. The van der Waals surface area contributed by atoms with Gasteiger partial charge >= 0.3 is 0 Å². The molecule has 0 saturated carbocycles. The average molecular weight is 526 g/mol. The van der Waals surface area contributed by atoms with Crippen LogP contribution in [0.3, 0.4) is 0 Å². The first-order valence-electron chi connectivity index (χ1n) is 13.8. The topological polar surface area (TPSA) is 92.3 Å². The number of ketones is 1. The second-order valence-electron chi connectivity index (χ2n) is 9.46. The van der Waals surface area contributed by atoms with Crippen molar-refractivity contribution in [2.24, 2.45) is 0 Å². The zero-order valence-corrected chi connectivity index (χ0v) is 22.3. The fourth-order valence-electron chi connectivity index (χ4n) is 4.85. The van der Waals surface area contributed by atoms with Crippen LogP contribution in [0.15, 0.2) is 36.4 Å². The van der Waals surface area contributed by atoms with Gasteiger partial charge < -0.3 is 29.0 Å². The van der Waals surface area contributed by atoms with Gasteiger partial charge in [-0.05, 0) is 18.6 Å². The van der Waals surface area contributed by atoms with Crippen molar-refractivity contribution in [3.63, 3.8) is 0 Å². The van der Waals surface area contributed by atoms with Gasteiger partial charge in [-0.3, -0.25) is 9.59 Å². The summed E-state index contributed by atoms with van der Waals surface area (Å²) in [5.74, 6) is 0.925. The number of rotatable bonds is 7. The van der Waals surface area contributed by atoms with Crippen molar-refractivity contribution in [1.82, 2.24) is 5.32 Å². The minimum atomic E-state index is -0.581. The van der Waals surface area contributed by atoms with Gasteiger partial charge in [0.1, 0.15) is 24.7 Å². The van der Waals surface area contributed by atoms with Crippen LogP contribution in [-0.2, 0) is 19.0 Å². The van der Waals surface area contributed by atoms with Crippen LogP contribution in [0.5, 0.6) is 11.5 Å². The molecule has 0 aromatic heterocycles. The number of hydrogen-bond acceptors (Lipinski definition) is 7. The molecule has 1 aliphatic carbocycles. The third-order valence-electron chi connectivity index (χ3n) is 6.73. The van der Waals surface area contributed by atoms with Gasteiger partial charge in [0.2, 0.25) is 5.91 Å². The van der Waals surface area contributed by atoms with Gasteiger partial charge in [-0.15, -0.1) is 0 Å². The highest BCUT2D eigenvalue weighted by atomic mass is 16.6. The second kappa shape index (κ2) is 14.9. The van der Waals surface area contributed by atoms with Gasteiger partial charge in [-0.25, -0.2) is 0 Å². The third-order valence-corrected chi connectivity index (χ3v) is 6.73. The normalized spacial score (nSPS) is 17.0. The van der Waals surface area contributed by atoms with E-state index >= 15 is 0 Å². The Bertz CT molecular complexity index is 1000. The van der Waals surface area contributed by atoms with E-state index in [1.807, 2.05) is 24.3 Å². The zero-order chi connectivity index (χ0) is 26.6. The number of nitrogens with one attached hydrogen (secondary N) is 1. The Labute approximate surface area is 224 Å². The number of amides is 1. The van der Waals surface area contributed by atoms with Gasteiger partial charge in [0.25, 0.3) is 0 Å². The van der Waals surface area contributed by atoms with E-state index in [9.17, 15) is 9.59 Å². The summed E-state index contributed by atoms with van der Waals surface area (Å²) in [6, 6.07) is 10.3. The van der Waals surface area contributed by atoms with Crippen molar-refractivity contribution in [2.75, 3.05) is 52.9 Å². The van der Waals surface area contributed by atoms with Gasteiger partial charge in [0.05, 0.1) is 45.7 Å². The number of carbonyl (C=O) groups excluding carboxylic acids is 2. The van der Waals surface area contributed by atoms with Crippen molar-refractivity contribution >= 4 is 11.7 Å². The van der Waals surface area contributed by atoms with Gasteiger partial charge in [-0.1, -0.05) is 56.9 Å². The molecule has 0 atom stereocenters.